The van der Waals surface area contributed by atoms with Gasteiger partial charge in [0.15, 0.2) is 0 Å². The van der Waals surface area contributed by atoms with Gasteiger partial charge in [-0.2, -0.15) is 0 Å². The van der Waals surface area contributed by atoms with E-state index in [2.05, 4.69) is 0 Å². The van der Waals surface area contributed by atoms with Crippen molar-refractivity contribution in [2.75, 3.05) is 0 Å². The van der Waals surface area contributed by atoms with Gasteiger partial charge in [0.2, 0.25) is 0 Å². The maximum atomic E-state index is 14.1. The van der Waals surface area contributed by atoms with Gasteiger partial charge in [0.1, 0.15) is 17.2 Å². The summed E-state index contributed by atoms with van der Waals surface area (Å²) in [6, 6.07) is 9.49. The van der Waals surface area contributed by atoms with Crippen molar-refractivity contribution in [1.82, 2.24) is 0 Å². The second-order valence-corrected chi connectivity index (χ2v) is 4.99. The Balaban J connectivity index is 2.62. The fraction of sp³-hybridized carbons (Fsp3) is 0.250. The second kappa shape index (κ2) is 4.74. The van der Waals surface area contributed by atoms with Crippen LogP contribution >= 0.6 is 0 Å². The summed E-state index contributed by atoms with van der Waals surface area (Å²) in [5, 5.41) is 10.6. The molecule has 0 aliphatic heterocycles. The van der Waals surface area contributed by atoms with E-state index in [-0.39, 0.29) is 5.56 Å². The molecule has 0 saturated carbocycles. The minimum absolute atomic E-state index is 0.309. The quantitative estimate of drug-likeness (QED) is 0.872. The molecule has 0 radical (unpaired) electrons. The van der Waals surface area contributed by atoms with Crippen LogP contribution in [0.2, 0.25) is 0 Å². The van der Waals surface area contributed by atoms with E-state index in [1.54, 1.807) is 31.2 Å². The molecule has 100 valence electrons. The average Bonchev–Trinajstić information content (AvgIpc) is 2.34. The van der Waals surface area contributed by atoms with Crippen molar-refractivity contribution in [1.29, 1.82) is 0 Å². The zero-order chi connectivity index (χ0) is 14.2. The summed E-state index contributed by atoms with van der Waals surface area (Å²) in [5.41, 5.74) is -0.222. The van der Waals surface area contributed by atoms with E-state index < -0.39 is 17.2 Å². The topological polar surface area (TPSA) is 20.2 Å². The molecule has 1 unspecified atom stereocenters. The summed E-state index contributed by atoms with van der Waals surface area (Å²) in [6.45, 7) is 4.86. The first kappa shape index (κ1) is 13.7. The van der Waals surface area contributed by atoms with Crippen molar-refractivity contribution in [3.63, 3.8) is 0 Å². The Hall–Kier alpha value is -1.74. The van der Waals surface area contributed by atoms with Gasteiger partial charge in [-0.1, -0.05) is 35.9 Å². The van der Waals surface area contributed by atoms with Crippen LogP contribution in [-0.4, -0.2) is 5.11 Å². The Labute approximate surface area is 111 Å². The van der Waals surface area contributed by atoms with E-state index in [4.69, 9.17) is 0 Å². The fourth-order valence-corrected chi connectivity index (χ4v) is 2.13. The van der Waals surface area contributed by atoms with E-state index in [1.807, 2.05) is 6.92 Å². The van der Waals surface area contributed by atoms with Crippen LogP contribution in [0.4, 0.5) is 8.78 Å². The average molecular weight is 262 g/mol. The normalized spacial score (nSPS) is 14.2. The van der Waals surface area contributed by atoms with Gasteiger partial charge in [-0.05, 0) is 38.0 Å². The summed E-state index contributed by atoms with van der Waals surface area (Å²) in [6.07, 6.45) is 0. The zero-order valence-electron chi connectivity index (χ0n) is 11.2. The molecule has 0 saturated heterocycles. The largest absolute Gasteiger partial charge is 0.380 e. The maximum absolute atomic E-state index is 14.1. The number of hydrogen-bond donors (Lipinski definition) is 1. The third-order valence-corrected chi connectivity index (χ3v) is 3.38. The molecule has 1 nitrogen and oxygen atoms in total. The summed E-state index contributed by atoms with van der Waals surface area (Å²) < 4.78 is 28.0. The molecule has 0 aliphatic rings. The Morgan fingerprint density at radius 3 is 2.11 bits per heavy atom. The maximum Gasteiger partial charge on any atom is 0.135 e. The number of halogens is 2. The van der Waals surface area contributed by atoms with Crippen molar-refractivity contribution >= 4 is 0 Å². The van der Waals surface area contributed by atoms with E-state index in [0.29, 0.717) is 11.1 Å². The molecule has 0 spiro atoms. The Bertz CT molecular complexity index is 601. The predicted molar refractivity (Wildman–Crippen MR) is 70.9 cm³/mol. The molecule has 0 aliphatic carbocycles. The molecule has 3 heteroatoms. The number of aryl methyl sites for hydroxylation is 2. The highest BCUT2D eigenvalue weighted by Crippen LogP contribution is 2.34. The molecule has 2 aromatic rings. The summed E-state index contributed by atoms with van der Waals surface area (Å²) in [5.74, 6) is -1.45. The highest BCUT2D eigenvalue weighted by Gasteiger charge is 2.32. The predicted octanol–water partition coefficient (Wildman–Crippen LogP) is 3.84. The summed E-state index contributed by atoms with van der Waals surface area (Å²) in [7, 11) is 0. The van der Waals surface area contributed by atoms with E-state index >= 15 is 0 Å². The summed E-state index contributed by atoms with van der Waals surface area (Å²) >= 11 is 0. The van der Waals surface area contributed by atoms with Crippen LogP contribution in [0.25, 0.3) is 0 Å². The van der Waals surface area contributed by atoms with Gasteiger partial charge < -0.3 is 5.11 Å². The number of hydrogen-bond acceptors (Lipinski definition) is 1. The van der Waals surface area contributed by atoms with Crippen LogP contribution in [0.15, 0.2) is 36.4 Å². The monoisotopic (exact) mass is 262 g/mol. The molecule has 1 N–H and O–H groups in total. The van der Waals surface area contributed by atoms with Gasteiger partial charge in [0.25, 0.3) is 0 Å². The Morgan fingerprint density at radius 2 is 1.53 bits per heavy atom. The number of benzene rings is 2. The van der Waals surface area contributed by atoms with Crippen molar-refractivity contribution in [2.45, 2.75) is 26.4 Å². The molecule has 19 heavy (non-hydrogen) atoms. The van der Waals surface area contributed by atoms with Gasteiger partial charge >= 0.3 is 0 Å². The molecule has 1 atom stereocenters. The second-order valence-electron chi connectivity index (χ2n) is 4.99. The van der Waals surface area contributed by atoms with E-state index in [0.717, 1.165) is 5.56 Å². The smallest absolute Gasteiger partial charge is 0.135 e. The van der Waals surface area contributed by atoms with Gasteiger partial charge in [-0.15, -0.1) is 0 Å². The van der Waals surface area contributed by atoms with Crippen molar-refractivity contribution in [3.8, 4) is 0 Å². The van der Waals surface area contributed by atoms with E-state index in [9.17, 15) is 13.9 Å². The molecule has 0 amide bonds. The molecule has 2 rings (SSSR count). The summed E-state index contributed by atoms with van der Waals surface area (Å²) in [4.78, 5) is 0. The molecule has 0 aromatic heterocycles. The van der Waals surface area contributed by atoms with Crippen LogP contribution < -0.4 is 0 Å². The van der Waals surface area contributed by atoms with E-state index in [1.165, 1.54) is 19.1 Å². The van der Waals surface area contributed by atoms with Gasteiger partial charge in [-0.3, -0.25) is 0 Å². The lowest BCUT2D eigenvalue weighted by atomic mass is 9.86. The number of rotatable bonds is 2. The van der Waals surface area contributed by atoms with Gasteiger partial charge in [0.05, 0.1) is 5.56 Å². The highest BCUT2D eigenvalue weighted by atomic mass is 19.1. The molecular formula is C16H16F2O. The fourth-order valence-electron chi connectivity index (χ4n) is 2.13. The molecule has 0 heterocycles. The van der Waals surface area contributed by atoms with Gasteiger partial charge in [0, 0.05) is 0 Å². The third-order valence-electron chi connectivity index (χ3n) is 3.38. The lowest BCUT2D eigenvalue weighted by Gasteiger charge is -2.26. The lowest BCUT2D eigenvalue weighted by molar-refractivity contribution is 0.0932. The van der Waals surface area contributed by atoms with Crippen molar-refractivity contribution < 1.29 is 13.9 Å². The molecule has 2 aromatic carbocycles. The van der Waals surface area contributed by atoms with Crippen LogP contribution in [0.3, 0.4) is 0 Å². The van der Waals surface area contributed by atoms with Crippen LogP contribution in [-0.2, 0) is 5.60 Å². The first-order valence-corrected chi connectivity index (χ1v) is 6.08. The minimum atomic E-state index is -1.70. The SMILES string of the molecule is Cc1ccc(C(C)(O)c2c(F)ccc(C)c2F)cc1. The zero-order valence-corrected chi connectivity index (χ0v) is 11.2. The lowest BCUT2D eigenvalue weighted by Crippen LogP contribution is -2.26. The standard InChI is InChI=1S/C16H16F2O/c1-10-4-7-12(8-5-10)16(3,19)14-13(17)9-6-11(2)15(14)18/h4-9,19H,1-3H3. The minimum Gasteiger partial charge on any atom is -0.380 e. The Morgan fingerprint density at radius 1 is 0.947 bits per heavy atom. The third kappa shape index (κ3) is 2.38. The number of aliphatic hydroxyl groups is 1. The van der Waals surface area contributed by atoms with Gasteiger partial charge in [-0.25, -0.2) is 8.78 Å². The van der Waals surface area contributed by atoms with Crippen LogP contribution in [0.5, 0.6) is 0 Å². The molecule has 0 fully saturated rings. The molecular weight excluding hydrogens is 246 g/mol. The first-order valence-electron chi connectivity index (χ1n) is 6.08. The Kier molecular flexibility index (Phi) is 3.42. The van der Waals surface area contributed by atoms with Crippen molar-refractivity contribution in [2.24, 2.45) is 0 Å². The highest BCUT2D eigenvalue weighted by molar-refractivity contribution is 5.39. The first-order chi connectivity index (χ1) is 8.84. The van der Waals surface area contributed by atoms with Crippen molar-refractivity contribution in [3.05, 3.63) is 70.3 Å². The van der Waals surface area contributed by atoms with Crippen LogP contribution in [0.1, 0.15) is 29.2 Å². The molecule has 0 bridgehead atoms. The van der Waals surface area contributed by atoms with Crippen LogP contribution in [0, 0.1) is 25.5 Å².